The highest BCUT2D eigenvalue weighted by atomic mass is 32.1. The molecular formula is C12H20N2OS. The molecule has 1 aromatic rings. The summed E-state index contributed by atoms with van der Waals surface area (Å²) in [6.45, 7) is 4.71. The van der Waals surface area contributed by atoms with E-state index in [1.807, 2.05) is 19.2 Å². The highest BCUT2D eigenvalue weighted by Crippen LogP contribution is 2.07. The van der Waals surface area contributed by atoms with Crippen molar-refractivity contribution in [3.05, 3.63) is 22.4 Å². The predicted molar refractivity (Wildman–Crippen MR) is 68.5 cm³/mol. The minimum Gasteiger partial charge on any atom is -0.354 e. The monoisotopic (exact) mass is 240 g/mol. The molecule has 0 aromatic carbocycles. The van der Waals surface area contributed by atoms with Crippen LogP contribution in [0.4, 0.5) is 0 Å². The fourth-order valence-electron chi connectivity index (χ4n) is 1.40. The molecule has 0 spiro atoms. The number of thiophene rings is 1. The van der Waals surface area contributed by atoms with Crippen LogP contribution < -0.4 is 11.1 Å². The molecule has 0 saturated heterocycles. The maximum absolute atomic E-state index is 11.6. The van der Waals surface area contributed by atoms with E-state index in [0.29, 0.717) is 6.54 Å². The van der Waals surface area contributed by atoms with Gasteiger partial charge in [0.2, 0.25) is 5.91 Å². The van der Waals surface area contributed by atoms with E-state index >= 15 is 0 Å². The Bertz CT molecular complexity index is 311. The van der Waals surface area contributed by atoms with Gasteiger partial charge in [-0.1, -0.05) is 20.3 Å². The molecule has 2 atom stereocenters. The van der Waals surface area contributed by atoms with E-state index in [9.17, 15) is 4.79 Å². The van der Waals surface area contributed by atoms with Crippen molar-refractivity contribution in [2.45, 2.75) is 32.7 Å². The molecule has 4 heteroatoms. The Morgan fingerprint density at radius 3 is 2.94 bits per heavy atom. The molecule has 0 fully saturated rings. The van der Waals surface area contributed by atoms with Crippen molar-refractivity contribution in [1.82, 2.24) is 5.32 Å². The lowest BCUT2D eigenvalue weighted by Crippen LogP contribution is -2.45. The Morgan fingerprint density at radius 1 is 1.62 bits per heavy atom. The third kappa shape index (κ3) is 3.94. The van der Waals surface area contributed by atoms with Gasteiger partial charge < -0.3 is 11.1 Å². The van der Waals surface area contributed by atoms with Crippen LogP contribution in [0.5, 0.6) is 0 Å². The summed E-state index contributed by atoms with van der Waals surface area (Å²) in [6, 6.07) is 1.69. The SMILES string of the molecule is CCC(C)[C@H](N)C(=O)NCCc1ccsc1. The second-order valence-corrected chi connectivity index (χ2v) is 4.86. The topological polar surface area (TPSA) is 55.1 Å². The number of rotatable bonds is 6. The number of carbonyl (C=O) groups excluding carboxylic acids is 1. The lowest BCUT2D eigenvalue weighted by Gasteiger charge is -2.17. The van der Waals surface area contributed by atoms with Gasteiger partial charge in [0.15, 0.2) is 0 Å². The number of amides is 1. The van der Waals surface area contributed by atoms with Gasteiger partial charge in [0.1, 0.15) is 0 Å². The molecule has 0 bridgehead atoms. The summed E-state index contributed by atoms with van der Waals surface area (Å²) < 4.78 is 0. The zero-order chi connectivity index (χ0) is 12.0. The van der Waals surface area contributed by atoms with Crippen LogP contribution in [0.2, 0.25) is 0 Å². The average molecular weight is 240 g/mol. The van der Waals surface area contributed by atoms with Crippen LogP contribution in [0.1, 0.15) is 25.8 Å². The largest absolute Gasteiger partial charge is 0.354 e. The minimum atomic E-state index is -0.382. The predicted octanol–water partition coefficient (Wildman–Crippen LogP) is 1.78. The molecule has 3 N–H and O–H groups in total. The first kappa shape index (κ1) is 13.2. The first-order valence-electron chi connectivity index (χ1n) is 5.69. The van der Waals surface area contributed by atoms with Crippen molar-refractivity contribution < 1.29 is 4.79 Å². The molecule has 0 aliphatic carbocycles. The zero-order valence-electron chi connectivity index (χ0n) is 9.90. The molecule has 0 aliphatic rings. The molecule has 1 unspecified atom stereocenters. The molecule has 16 heavy (non-hydrogen) atoms. The number of hydrogen-bond acceptors (Lipinski definition) is 3. The molecule has 1 rings (SSSR count). The Kier molecular flexibility index (Phi) is 5.49. The molecule has 1 heterocycles. The molecule has 90 valence electrons. The second-order valence-electron chi connectivity index (χ2n) is 4.08. The van der Waals surface area contributed by atoms with Gasteiger partial charge in [0, 0.05) is 6.54 Å². The van der Waals surface area contributed by atoms with E-state index in [2.05, 4.69) is 16.8 Å². The quantitative estimate of drug-likeness (QED) is 0.796. The summed E-state index contributed by atoms with van der Waals surface area (Å²) in [7, 11) is 0. The van der Waals surface area contributed by atoms with E-state index in [-0.39, 0.29) is 17.9 Å². The molecule has 3 nitrogen and oxygen atoms in total. The van der Waals surface area contributed by atoms with Crippen molar-refractivity contribution in [3.63, 3.8) is 0 Å². The number of carbonyl (C=O) groups is 1. The van der Waals surface area contributed by atoms with Crippen LogP contribution in [0, 0.1) is 5.92 Å². The van der Waals surface area contributed by atoms with Gasteiger partial charge >= 0.3 is 0 Å². The highest BCUT2D eigenvalue weighted by Gasteiger charge is 2.18. The highest BCUT2D eigenvalue weighted by molar-refractivity contribution is 7.07. The van der Waals surface area contributed by atoms with E-state index in [0.717, 1.165) is 12.8 Å². The maximum atomic E-state index is 11.6. The van der Waals surface area contributed by atoms with E-state index in [4.69, 9.17) is 5.73 Å². The number of nitrogens with one attached hydrogen (secondary N) is 1. The second kappa shape index (κ2) is 6.66. The van der Waals surface area contributed by atoms with E-state index < -0.39 is 0 Å². The molecule has 0 radical (unpaired) electrons. The Balaban J connectivity index is 2.24. The van der Waals surface area contributed by atoms with Gasteiger partial charge in [-0.05, 0) is 34.7 Å². The Hall–Kier alpha value is -0.870. The standard InChI is InChI=1S/C12H20N2OS/c1-3-9(2)11(13)12(15)14-6-4-10-5-7-16-8-10/h5,7-9,11H,3-4,6,13H2,1-2H3,(H,14,15)/t9?,11-/m0/s1. The first-order valence-corrected chi connectivity index (χ1v) is 6.63. The minimum absolute atomic E-state index is 0.0374. The van der Waals surface area contributed by atoms with Crippen LogP contribution in [0.3, 0.4) is 0 Å². The van der Waals surface area contributed by atoms with Gasteiger partial charge in [-0.15, -0.1) is 0 Å². The molecule has 1 aromatic heterocycles. The first-order chi connectivity index (χ1) is 7.65. The molecule has 0 aliphatic heterocycles. The van der Waals surface area contributed by atoms with Gasteiger partial charge in [-0.2, -0.15) is 11.3 Å². The van der Waals surface area contributed by atoms with Crippen LogP contribution in [-0.4, -0.2) is 18.5 Å². The number of nitrogens with two attached hydrogens (primary N) is 1. The van der Waals surface area contributed by atoms with Gasteiger partial charge in [-0.3, -0.25) is 4.79 Å². The summed E-state index contributed by atoms with van der Waals surface area (Å²) >= 11 is 1.68. The third-order valence-corrected chi connectivity index (χ3v) is 3.58. The number of hydrogen-bond donors (Lipinski definition) is 2. The summed E-state index contributed by atoms with van der Waals surface area (Å²) in [6.07, 6.45) is 1.81. The summed E-state index contributed by atoms with van der Waals surface area (Å²) in [5, 5.41) is 7.02. The van der Waals surface area contributed by atoms with Crippen molar-refractivity contribution in [2.24, 2.45) is 11.7 Å². The molecule has 1 amide bonds. The maximum Gasteiger partial charge on any atom is 0.237 e. The zero-order valence-corrected chi connectivity index (χ0v) is 10.7. The Morgan fingerprint density at radius 2 is 2.38 bits per heavy atom. The molecular weight excluding hydrogens is 220 g/mol. The lowest BCUT2D eigenvalue weighted by atomic mass is 9.99. The normalized spacial score (nSPS) is 14.4. The van der Waals surface area contributed by atoms with Gasteiger partial charge in [0.05, 0.1) is 6.04 Å². The van der Waals surface area contributed by atoms with E-state index in [1.165, 1.54) is 5.56 Å². The summed E-state index contributed by atoms with van der Waals surface area (Å²) in [5.74, 6) is 0.200. The van der Waals surface area contributed by atoms with Gasteiger partial charge in [0.25, 0.3) is 0 Å². The average Bonchev–Trinajstić information content (AvgIpc) is 2.79. The van der Waals surface area contributed by atoms with Crippen molar-refractivity contribution in [2.75, 3.05) is 6.54 Å². The summed E-state index contributed by atoms with van der Waals surface area (Å²) in [4.78, 5) is 11.6. The van der Waals surface area contributed by atoms with Crippen molar-refractivity contribution in [1.29, 1.82) is 0 Å². The lowest BCUT2D eigenvalue weighted by molar-refractivity contribution is -0.123. The van der Waals surface area contributed by atoms with Crippen LogP contribution in [-0.2, 0) is 11.2 Å². The van der Waals surface area contributed by atoms with Crippen molar-refractivity contribution in [3.8, 4) is 0 Å². The fourth-order valence-corrected chi connectivity index (χ4v) is 2.10. The van der Waals surface area contributed by atoms with Crippen molar-refractivity contribution >= 4 is 17.2 Å². The fraction of sp³-hybridized carbons (Fsp3) is 0.583. The van der Waals surface area contributed by atoms with Gasteiger partial charge in [-0.25, -0.2) is 0 Å². The van der Waals surface area contributed by atoms with Crippen LogP contribution in [0.25, 0.3) is 0 Å². The Labute approximate surface area is 101 Å². The molecule has 0 saturated carbocycles. The smallest absolute Gasteiger partial charge is 0.237 e. The third-order valence-electron chi connectivity index (χ3n) is 2.85. The van der Waals surface area contributed by atoms with E-state index in [1.54, 1.807) is 11.3 Å². The van der Waals surface area contributed by atoms with Crippen LogP contribution in [0.15, 0.2) is 16.8 Å². The van der Waals surface area contributed by atoms with Crippen LogP contribution >= 0.6 is 11.3 Å². The summed E-state index contributed by atoms with van der Waals surface area (Å²) in [5.41, 5.74) is 7.09.